The standard InChI is InChI=1S/C14H15N5O2/c15-9-11-14(17-12-3-1-2-4-19(11)12)16-10-13(20)18-5-7-21-8-6-18/h1-4,16H,5-8,10H2. The van der Waals surface area contributed by atoms with Crippen molar-refractivity contribution in [2.24, 2.45) is 0 Å². The minimum absolute atomic E-state index is 0.0146. The number of amides is 1. The van der Waals surface area contributed by atoms with E-state index in [1.54, 1.807) is 15.5 Å². The lowest BCUT2D eigenvalue weighted by Gasteiger charge is -2.26. The van der Waals surface area contributed by atoms with Gasteiger partial charge in [0.25, 0.3) is 0 Å². The van der Waals surface area contributed by atoms with Crippen LogP contribution < -0.4 is 5.32 Å². The fraction of sp³-hybridized carbons (Fsp3) is 0.357. The van der Waals surface area contributed by atoms with Gasteiger partial charge < -0.3 is 15.0 Å². The van der Waals surface area contributed by atoms with Gasteiger partial charge in [0.15, 0.2) is 11.5 Å². The molecule has 0 radical (unpaired) electrons. The predicted molar refractivity (Wildman–Crippen MR) is 75.8 cm³/mol. The Morgan fingerprint density at radius 2 is 2.24 bits per heavy atom. The smallest absolute Gasteiger partial charge is 0.242 e. The molecule has 1 amide bonds. The third kappa shape index (κ3) is 2.66. The van der Waals surface area contributed by atoms with E-state index in [0.717, 1.165) is 0 Å². The molecule has 3 heterocycles. The highest BCUT2D eigenvalue weighted by Crippen LogP contribution is 2.16. The maximum absolute atomic E-state index is 12.1. The van der Waals surface area contributed by atoms with Crippen molar-refractivity contribution in [3.63, 3.8) is 0 Å². The van der Waals surface area contributed by atoms with Crippen LogP contribution in [0.5, 0.6) is 0 Å². The van der Waals surface area contributed by atoms with Crippen LogP contribution >= 0.6 is 0 Å². The molecule has 7 heteroatoms. The number of fused-ring (bicyclic) bond motifs is 1. The Hall–Kier alpha value is -2.59. The lowest BCUT2D eigenvalue weighted by Crippen LogP contribution is -2.43. The minimum atomic E-state index is -0.0146. The molecule has 1 aliphatic heterocycles. The monoisotopic (exact) mass is 285 g/mol. The quantitative estimate of drug-likeness (QED) is 0.886. The lowest BCUT2D eigenvalue weighted by molar-refractivity contribution is -0.133. The van der Waals surface area contributed by atoms with E-state index in [9.17, 15) is 10.1 Å². The first kappa shape index (κ1) is 13.4. The van der Waals surface area contributed by atoms with E-state index in [0.29, 0.717) is 43.5 Å². The van der Waals surface area contributed by atoms with Crippen molar-refractivity contribution in [3.8, 4) is 6.07 Å². The van der Waals surface area contributed by atoms with Crippen molar-refractivity contribution in [1.29, 1.82) is 5.26 Å². The average Bonchev–Trinajstić information content (AvgIpc) is 2.91. The van der Waals surface area contributed by atoms with Gasteiger partial charge in [0, 0.05) is 19.3 Å². The van der Waals surface area contributed by atoms with E-state index in [1.807, 2.05) is 18.2 Å². The third-order valence-electron chi connectivity index (χ3n) is 3.41. The normalized spacial score (nSPS) is 14.9. The molecule has 3 rings (SSSR count). The van der Waals surface area contributed by atoms with Crippen LogP contribution in [0.1, 0.15) is 5.69 Å². The molecule has 0 saturated carbocycles. The van der Waals surface area contributed by atoms with Crippen molar-refractivity contribution in [1.82, 2.24) is 14.3 Å². The first-order valence-corrected chi connectivity index (χ1v) is 6.76. The Morgan fingerprint density at radius 1 is 1.43 bits per heavy atom. The summed E-state index contributed by atoms with van der Waals surface area (Å²) >= 11 is 0. The zero-order valence-corrected chi connectivity index (χ0v) is 11.5. The number of nitriles is 1. The predicted octanol–water partition coefficient (Wildman–Crippen LogP) is 0.477. The molecule has 0 unspecified atom stereocenters. The third-order valence-corrected chi connectivity index (χ3v) is 3.41. The fourth-order valence-electron chi connectivity index (χ4n) is 2.31. The molecule has 2 aromatic heterocycles. The number of hydrogen-bond donors (Lipinski definition) is 1. The van der Waals surface area contributed by atoms with E-state index < -0.39 is 0 Å². The number of hydrogen-bond acceptors (Lipinski definition) is 5. The minimum Gasteiger partial charge on any atom is -0.378 e. The van der Waals surface area contributed by atoms with Crippen molar-refractivity contribution in [3.05, 3.63) is 30.1 Å². The first-order valence-electron chi connectivity index (χ1n) is 6.76. The molecule has 0 atom stereocenters. The van der Waals surface area contributed by atoms with Crippen molar-refractivity contribution < 1.29 is 9.53 Å². The van der Waals surface area contributed by atoms with Gasteiger partial charge in [-0.1, -0.05) is 6.07 Å². The lowest BCUT2D eigenvalue weighted by atomic mass is 10.4. The first-order chi connectivity index (χ1) is 10.3. The van der Waals surface area contributed by atoms with Crippen LogP contribution in [0.15, 0.2) is 24.4 Å². The van der Waals surface area contributed by atoms with Gasteiger partial charge in [-0.2, -0.15) is 5.26 Å². The number of aromatic nitrogens is 2. The zero-order valence-electron chi connectivity index (χ0n) is 11.5. The Kier molecular flexibility index (Phi) is 3.71. The van der Waals surface area contributed by atoms with Gasteiger partial charge in [0.2, 0.25) is 5.91 Å². The van der Waals surface area contributed by atoms with Crippen molar-refractivity contribution >= 4 is 17.4 Å². The molecule has 1 fully saturated rings. The van der Waals surface area contributed by atoms with E-state index in [1.165, 1.54) is 0 Å². The summed E-state index contributed by atoms with van der Waals surface area (Å²) in [4.78, 5) is 18.2. The molecule has 1 N–H and O–H groups in total. The van der Waals surface area contributed by atoms with Gasteiger partial charge in [0.1, 0.15) is 11.7 Å². The highest BCUT2D eigenvalue weighted by Gasteiger charge is 2.18. The van der Waals surface area contributed by atoms with Gasteiger partial charge in [-0.15, -0.1) is 0 Å². The highest BCUT2D eigenvalue weighted by molar-refractivity contribution is 5.81. The largest absolute Gasteiger partial charge is 0.378 e. The number of rotatable bonds is 3. The maximum atomic E-state index is 12.1. The second kappa shape index (κ2) is 5.81. The molecule has 0 aromatic carbocycles. The van der Waals surface area contributed by atoms with E-state index >= 15 is 0 Å². The summed E-state index contributed by atoms with van der Waals surface area (Å²) in [5.74, 6) is 0.421. The number of ether oxygens (including phenoxy) is 1. The van der Waals surface area contributed by atoms with E-state index in [2.05, 4.69) is 16.4 Å². The fourth-order valence-corrected chi connectivity index (χ4v) is 2.31. The van der Waals surface area contributed by atoms with Crippen LogP contribution in [-0.4, -0.2) is 53.0 Å². The molecular formula is C14H15N5O2. The van der Waals surface area contributed by atoms with E-state index in [-0.39, 0.29) is 12.5 Å². The molecule has 7 nitrogen and oxygen atoms in total. The zero-order chi connectivity index (χ0) is 14.7. The molecule has 21 heavy (non-hydrogen) atoms. The van der Waals surface area contributed by atoms with Gasteiger partial charge in [-0.05, 0) is 12.1 Å². The molecule has 0 spiro atoms. The number of carbonyl (C=O) groups is 1. The topological polar surface area (TPSA) is 82.7 Å². The van der Waals surface area contributed by atoms with Crippen LogP contribution in [0.4, 0.5) is 5.82 Å². The maximum Gasteiger partial charge on any atom is 0.242 e. The van der Waals surface area contributed by atoms with Crippen LogP contribution in [0.25, 0.3) is 5.65 Å². The number of carbonyl (C=O) groups excluding carboxylic acids is 1. The molecule has 1 aliphatic rings. The summed E-state index contributed by atoms with van der Waals surface area (Å²) in [6.07, 6.45) is 1.77. The number of pyridine rings is 1. The second-order valence-corrected chi connectivity index (χ2v) is 4.70. The van der Waals surface area contributed by atoms with E-state index in [4.69, 9.17) is 4.74 Å². The highest BCUT2D eigenvalue weighted by atomic mass is 16.5. The summed E-state index contributed by atoms with van der Waals surface area (Å²) in [7, 11) is 0. The van der Waals surface area contributed by atoms with Gasteiger partial charge in [0.05, 0.1) is 19.8 Å². The molecule has 1 saturated heterocycles. The van der Waals surface area contributed by atoms with Gasteiger partial charge in [-0.25, -0.2) is 4.98 Å². The Balaban J connectivity index is 1.73. The number of anilines is 1. The number of morpholine rings is 1. The van der Waals surface area contributed by atoms with Gasteiger partial charge >= 0.3 is 0 Å². The van der Waals surface area contributed by atoms with Crippen LogP contribution in [-0.2, 0) is 9.53 Å². The summed E-state index contributed by atoms with van der Waals surface area (Å²) in [5, 5.41) is 12.2. The summed E-state index contributed by atoms with van der Waals surface area (Å²) in [6, 6.07) is 7.62. The Bertz CT molecular complexity index is 697. The Morgan fingerprint density at radius 3 is 3.00 bits per heavy atom. The summed E-state index contributed by atoms with van der Waals surface area (Å²) in [6.45, 7) is 2.49. The molecular weight excluding hydrogens is 270 g/mol. The van der Waals surface area contributed by atoms with Crippen molar-refractivity contribution in [2.75, 3.05) is 38.2 Å². The Labute approximate surface area is 121 Å². The number of imidazole rings is 1. The molecule has 0 aliphatic carbocycles. The molecule has 108 valence electrons. The SMILES string of the molecule is N#Cc1c(NCC(=O)N2CCOCC2)nc2ccccn12. The molecule has 2 aromatic rings. The second-order valence-electron chi connectivity index (χ2n) is 4.70. The van der Waals surface area contributed by atoms with Gasteiger partial charge in [-0.3, -0.25) is 9.20 Å². The van der Waals surface area contributed by atoms with Crippen LogP contribution in [0.3, 0.4) is 0 Å². The number of nitrogens with one attached hydrogen (secondary N) is 1. The molecule has 0 bridgehead atoms. The average molecular weight is 285 g/mol. The summed E-state index contributed by atoms with van der Waals surface area (Å²) in [5.41, 5.74) is 1.08. The number of nitrogens with zero attached hydrogens (tertiary/aromatic N) is 4. The van der Waals surface area contributed by atoms with Crippen molar-refractivity contribution in [2.45, 2.75) is 0 Å². The van der Waals surface area contributed by atoms with Crippen LogP contribution in [0, 0.1) is 11.3 Å². The van der Waals surface area contributed by atoms with Crippen LogP contribution in [0.2, 0.25) is 0 Å². The summed E-state index contributed by atoms with van der Waals surface area (Å²) < 4.78 is 6.91.